The molecule has 1 heterocycles. The summed E-state index contributed by atoms with van der Waals surface area (Å²) in [4.78, 5) is 12.3. The number of nitrogens with one attached hydrogen (secondary N) is 1. The van der Waals surface area contributed by atoms with Crippen LogP contribution in [0.3, 0.4) is 0 Å². The number of amides is 1. The highest BCUT2D eigenvalue weighted by Gasteiger charge is 2.15. The SMILES string of the molecule is O=C(NN=Cc1cc2c(cc1Br)OCO2)c1ccc(-c2ccccc2)cc1. The van der Waals surface area contributed by atoms with E-state index in [2.05, 4.69) is 26.5 Å². The van der Waals surface area contributed by atoms with Crippen molar-refractivity contribution in [1.29, 1.82) is 0 Å². The number of benzene rings is 3. The zero-order chi connectivity index (χ0) is 18.6. The Hall–Kier alpha value is -3.12. The number of carbonyl (C=O) groups excluding carboxylic acids is 1. The van der Waals surface area contributed by atoms with Crippen molar-refractivity contribution in [2.75, 3.05) is 6.79 Å². The van der Waals surface area contributed by atoms with Crippen molar-refractivity contribution in [3.63, 3.8) is 0 Å². The minimum atomic E-state index is -0.275. The highest BCUT2D eigenvalue weighted by molar-refractivity contribution is 9.10. The van der Waals surface area contributed by atoms with Gasteiger partial charge in [-0.25, -0.2) is 5.43 Å². The van der Waals surface area contributed by atoms with E-state index < -0.39 is 0 Å². The number of hydrazone groups is 1. The molecule has 0 aromatic heterocycles. The Morgan fingerprint density at radius 2 is 1.63 bits per heavy atom. The van der Waals surface area contributed by atoms with Crippen LogP contribution in [0.2, 0.25) is 0 Å². The predicted molar refractivity (Wildman–Crippen MR) is 107 cm³/mol. The third-order valence-corrected chi connectivity index (χ3v) is 4.80. The first-order valence-electron chi connectivity index (χ1n) is 8.29. The number of ether oxygens (including phenoxy) is 2. The van der Waals surface area contributed by atoms with Gasteiger partial charge in [-0.05, 0) is 51.3 Å². The fraction of sp³-hybridized carbons (Fsp3) is 0.0476. The summed E-state index contributed by atoms with van der Waals surface area (Å²) in [5, 5.41) is 4.03. The summed E-state index contributed by atoms with van der Waals surface area (Å²) >= 11 is 3.45. The van der Waals surface area contributed by atoms with Gasteiger partial charge in [-0.3, -0.25) is 4.79 Å². The van der Waals surface area contributed by atoms with Gasteiger partial charge in [0.05, 0.1) is 6.21 Å². The number of halogens is 1. The Bertz CT molecular complexity index is 1000. The number of nitrogens with zero attached hydrogens (tertiary/aromatic N) is 1. The van der Waals surface area contributed by atoms with E-state index in [0.29, 0.717) is 17.1 Å². The van der Waals surface area contributed by atoms with Crippen molar-refractivity contribution < 1.29 is 14.3 Å². The van der Waals surface area contributed by atoms with Gasteiger partial charge in [-0.1, -0.05) is 42.5 Å². The molecule has 6 heteroatoms. The fourth-order valence-electron chi connectivity index (χ4n) is 2.70. The number of hydrogen-bond donors (Lipinski definition) is 1. The first kappa shape index (κ1) is 17.3. The zero-order valence-electron chi connectivity index (χ0n) is 14.2. The van der Waals surface area contributed by atoms with Crippen LogP contribution in [-0.2, 0) is 0 Å². The van der Waals surface area contributed by atoms with Crippen molar-refractivity contribution >= 4 is 28.1 Å². The summed E-state index contributed by atoms with van der Waals surface area (Å²) in [6, 6.07) is 21.0. The Labute approximate surface area is 164 Å². The largest absolute Gasteiger partial charge is 0.454 e. The van der Waals surface area contributed by atoms with Gasteiger partial charge in [0.25, 0.3) is 5.91 Å². The summed E-state index contributed by atoms with van der Waals surface area (Å²) in [5.41, 5.74) is 6.02. The van der Waals surface area contributed by atoms with Crippen LogP contribution >= 0.6 is 15.9 Å². The Balaban J connectivity index is 1.43. The molecule has 0 spiro atoms. The first-order valence-corrected chi connectivity index (χ1v) is 9.08. The molecule has 1 amide bonds. The number of carbonyl (C=O) groups is 1. The maximum atomic E-state index is 12.3. The summed E-state index contributed by atoms with van der Waals surface area (Å²) in [6.07, 6.45) is 1.56. The van der Waals surface area contributed by atoms with E-state index in [1.807, 2.05) is 48.5 Å². The summed E-state index contributed by atoms with van der Waals surface area (Å²) in [7, 11) is 0. The second-order valence-electron chi connectivity index (χ2n) is 5.87. The van der Waals surface area contributed by atoms with Crippen molar-refractivity contribution in [2.45, 2.75) is 0 Å². The van der Waals surface area contributed by atoms with E-state index in [1.165, 1.54) is 0 Å². The van der Waals surface area contributed by atoms with Crippen LogP contribution in [0.4, 0.5) is 0 Å². The van der Waals surface area contributed by atoms with Crippen LogP contribution in [0.5, 0.6) is 11.5 Å². The third-order valence-electron chi connectivity index (χ3n) is 4.12. The van der Waals surface area contributed by atoms with E-state index >= 15 is 0 Å². The van der Waals surface area contributed by atoms with Gasteiger partial charge in [0, 0.05) is 15.6 Å². The van der Waals surface area contributed by atoms with E-state index in [-0.39, 0.29) is 12.7 Å². The van der Waals surface area contributed by atoms with Gasteiger partial charge in [0.1, 0.15) is 0 Å². The van der Waals surface area contributed by atoms with Crippen LogP contribution in [0.15, 0.2) is 76.3 Å². The molecule has 3 aromatic rings. The minimum absolute atomic E-state index is 0.206. The lowest BCUT2D eigenvalue weighted by molar-refractivity contribution is 0.0955. The Morgan fingerprint density at radius 3 is 2.37 bits per heavy atom. The highest BCUT2D eigenvalue weighted by Crippen LogP contribution is 2.36. The molecule has 134 valence electrons. The van der Waals surface area contributed by atoms with Crippen molar-refractivity contribution in [1.82, 2.24) is 5.43 Å². The van der Waals surface area contributed by atoms with E-state index in [9.17, 15) is 4.79 Å². The topological polar surface area (TPSA) is 59.9 Å². The lowest BCUT2D eigenvalue weighted by atomic mass is 10.0. The van der Waals surface area contributed by atoms with Gasteiger partial charge < -0.3 is 9.47 Å². The van der Waals surface area contributed by atoms with Crippen molar-refractivity contribution in [3.05, 3.63) is 82.3 Å². The molecule has 3 aromatic carbocycles. The van der Waals surface area contributed by atoms with Gasteiger partial charge in [-0.15, -0.1) is 0 Å². The van der Waals surface area contributed by atoms with Crippen LogP contribution in [0.1, 0.15) is 15.9 Å². The first-order chi connectivity index (χ1) is 13.2. The quantitative estimate of drug-likeness (QED) is 0.493. The number of hydrogen-bond acceptors (Lipinski definition) is 4. The molecular weight excluding hydrogens is 408 g/mol. The second kappa shape index (κ2) is 7.63. The van der Waals surface area contributed by atoms with Gasteiger partial charge in [0.2, 0.25) is 6.79 Å². The molecular formula is C21H15BrN2O3. The molecule has 0 unspecified atom stereocenters. The van der Waals surface area contributed by atoms with Gasteiger partial charge in [0.15, 0.2) is 11.5 Å². The van der Waals surface area contributed by atoms with Crippen LogP contribution in [0.25, 0.3) is 11.1 Å². The van der Waals surface area contributed by atoms with Crippen LogP contribution < -0.4 is 14.9 Å². The Morgan fingerprint density at radius 1 is 0.963 bits per heavy atom. The monoisotopic (exact) mass is 422 g/mol. The lowest BCUT2D eigenvalue weighted by Crippen LogP contribution is -2.17. The molecule has 4 rings (SSSR count). The summed E-state index contributed by atoms with van der Waals surface area (Å²) in [6.45, 7) is 0.206. The number of fused-ring (bicyclic) bond motifs is 1. The molecule has 5 nitrogen and oxygen atoms in total. The van der Waals surface area contributed by atoms with Gasteiger partial charge >= 0.3 is 0 Å². The van der Waals surface area contributed by atoms with Crippen molar-refractivity contribution in [2.24, 2.45) is 5.10 Å². The molecule has 1 N–H and O–H groups in total. The molecule has 27 heavy (non-hydrogen) atoms. The lowest BCUT2D eigenvalue weighted by Gasteiger charge is -2.04. The number of rotatable bonds is 4. The standard InChI is InChI=1S/C21H15BrN2O3/c22-18-11-20-19(26-13-27-20)10-17(18)12-23-24-21(25)16-8-6-15(7-9-16)14-4-2-1-3-5-14/h1-12H,13H2,(H,24,25). The molecule has 1 aliphatic heterocycles. The molecule has 0 saturated heterocycles. The fourth-order valence-corrected chi connectivity index (χ4v) is 3.13. The Kier molecular flexibility index (Phi) is 4.89. The summed E-state index contributed by atoms with van der Waals surface area (Å²) in [5.74, 6) is 1.06. The normalized spacial score (nSPS) is 12.3. The second-order valence-corrected chi connectivity index (χ2v) is 6.72. The van der Waals surface area contributed by atoms with Crippen molar-refractivity contribution in [3.8, 4) is 22.6 Å². The van der Waals surface area contributed by atoms with Gasteiger partial charge in [-0.2, -0.15) is 5.10 Å². The molecule has 0 saturated carbocycles. The molecule has 0 radical (unpaired) electrons. The molecule has 0 aliphatic carbocycles. The summed E-state index contributed by atoms with van der Waals surface area (Å²) < 4.78 is 11.5. The minimum Gasteiger partial charge on any atom is -0.454 e. The van der Waals surface area contributed by atoms with E-state index in [1.54, 1.807) is 24.4 Å². The molecule has 0 atom stereocenters. The third kappa shape index (κ3) is 3.85. The average Bonchev–Trinajstić information content (AvgIpc) is 3.16. The predicted octanol–water partition coefficient (Wildman–Crippen LogP) is 4.61. The van der Waals surface area contributed by atoms with Crippen LogP contribution in [-0.4, -0.2) is 18.9 Å². The molecule has 0 bridgehead atoms. The molecule has 0 fully saturated rings. The van der Waals surface area contributed by atoms with Crippen LogP contribution in [0, 0.1) is 0 Å². The average molecular weight is 423 g/mol. The smallest absolute Gasteiger partial charge is 0.271 e. The zero-order valence-corrected chi connectivity index (χ0v) is 15.8. The molecule has 1 aliphatic rings. The highest BCUT2D eigenvalue weighted by atomic mass is 79.9. The maximum absolute atomic E-state index is 12.3. The van der Waals surface area contributed by atoms with E-state index in [0.717, 1.165) is 21.2 Å². The van der Waals surface area contributed by atoms with E-state index in [4.69, 9.17) is 9.47 Å². The maximum Gasteiger partial charge on any atom is 0.271 e.